The number of hydrogen-bond acceptors (Lipinski definition) is 1. The summed E-state index contributed by atoms with van der Waals surface area (Å²) in [6, 6.07) is 2.11. The van der Waals surface area contributed by atoms with E-state index in [9.17, 15) is 4.79 Å². The molecular weight excluding hydrogens is 210 g/mol. The Labute approximate surface area is 103 Å². The van der Waals surface area contributed by atoms with Crippen molar-refractivity contribution >= 4 is 5.78 Å². The second kappa shape index (κ2) is 4.01. The zero-order valence-corrected chi connectivity index (χ0v) is 10.8. The highest BCUT2D eigenvalue weighted by molar-refractivity contribution is 5.98. The summed E-state index contributed by atoms with van der Waals surface area (Å²) in [5.74, 6) is 2.06. The zero-order valence-electron chi connectivity index (χ0n) is 10.8. The van der Waals surface area contributed by atoms with E-state index in [-0.39, 0.29) is 0 Å². The molecule has 1 saturated carbocycles. The van der Waals surface area contributed by atoms with Gasteiger partial charge in [0.25, 0.3) is 0 Å². The van der Waals surface area contributed by atoms with Gasteiger partial charge < -0.3 is 4.57 Å². The summed E-state index contributed by atoms with van der Waals surface area (Å²) < 4.78 is 2.41. The number of nitrogens with zero attached hydrogens (tertiary/aromatic N) is 1. The number of hydrogen-bond donors (Lipinski definition) is 0. The van der Waals surface area contributed by atoms with Gasteiger partial charge in [-0.3, -0.25) is 4.79 Å². The van der Waals surface area contributed by atoms with Crippen molar-refractivity contribution in [2.45, 2.75) is 52.5 Å². The third-order valence-electron chi connectivity index (χ3n) is 4.43. The van der Waals surface area contributed by atoms with Crippen LogP contribution in [0.2, 0.25) is 0 Å². The van der Waals surface area contributed by atoms with Crippen molar-refractivity contribution in [2.75, 3.05) is 0 Å². The molecule has 2 aliphatic rings. The fourth-order valence-corrected chi connectivity index (χ4v) is 3.15. The van der Waals surface area contributed by atoms with Crippen molar-refractivity contribution < 1.29 is 4.79 Å². The molecule has 3 rings (SSSR count). The number of rotatable bonds is 3. The predicted molar refractivity (Wildman–Crippen MR) is 68.3 cm³/mol. The van der Waals surface area contributed by atoms with Gasteiger partial charge in [-0.05, 0) is 50.5 Å². The van der Waals surface area contributed by atoms with Gasteiger partial charge in [0.2, 0.25) is 0 Å². The predicted octanol–water partition coefficient (Wildman–Crippen LogP) is 3.36. The number of Topliss-reactive ketones (excluding diaryl/α,β-unsaturated/α-hetero) is 1. The van der Waals surface area contributed by atoms with Crippen LogP contribution in [-0.4, -0.2) is 10.4 Å². The van der Waals surface area contributed by atoms with E-state index in [1.807, 2.05) is 0 Å². The van der Waals surface area contributed by atoms with Gasteiger partial charge in [0.1, 0.15) is 0 Å². The Bertz CT molecular complexity index is 454. The van der Waals surface area contributed by atoms with E-state index in [0.29, 0.717) is 5.78 Å². The van der Waals surface area contributed by atoms with Crippen molar-refractivity contribution in [3.63, 3.8) is 0 Å². The maximum absolute atomic E-state index is 11.9. The van der Waals surface area contributed by atoms with Crippen LogP contribution in [0.3, 0.4) is 0 Å². The summed E-state index contributed by atoms with van der Waals surface area (Å²) in [4.78, 5) is 11.9. The smallest absolute Gasteiger partial charge is 0.164 e. The first-order chi connectivity index (χ1) is 8.16. The highest BCUT2D eigenvalue weighted by atomic mass is 16.1. The molecule has 0 radical (unpaired) electrons. The molecule has 2 nitrogen and oxygen atoms in total. The van der Waals surface area contributed by atoms with E-state index >= 15 is 0 Å². The zero-order chi connectivity index (χ0) is 12.0. The van der Waals surface area contributed by atoms with Gasteiger partial charge in [0, 0.05) is 29.9 Å². The van der Waals surface area contributed by atoms with Crippen LogP contribution in [0.15, 0.2) is 6.07 Å². The van der Waals surface area contributed by atoms with E-state index < -0.39 is 0 Å². The van der Waals surface area contributed by atoms with Crippen LogP contribution in [-0.2, 0) is 13.0 Å². The van der Waals surface area contributed by atoms with Crippen molar-refractivity contribution in [2.24, 2.45) is 11.8 Å². The summed E-state index contributed by atoms with van der Waals surface area (Å²) in [5, 5.41) is 0. The number of aromatic nitrogens is 1. The molecule has 0 saturated heterocycles. The molecule has 0 spiro atoms. The molecule has 0 aromatic carbocycles. The van der Waals surface area contributed by atoms with Gasteiger partial charge >= 0.3 is 0 Å². The molecule has 0 amide bonds. The summed E-state index contributed by atoms with van der Waals surface area (Å²) in [5.41, 5.74) is 3.60. The highest BCUT2D eigenvalue weighted by Crippen LogP contribution is 2.38. The first-order valence-corrected chi connectivity index (χ1v) is 6.89. The second-order valence-corrected chi connectivity index (χ2v) is 5.85. The van der Waals surface area contributed by atoms with Gasteiger partial charge in [-0.15, -0.1) is 0 Å². The number of carbonyl (C=O) groups excluding carboxylic acids is 1. The van der Waals surface area contributed by atoms with Crippen molar-refractivity contribution in [3.05, 3.63) is 23.0 Å². The largest absolute Gasteiger partial charge is 0.348 e. The molecule has 0 N–H and O–H groups in total. The number of aryl methyl sites for hydroxylation is 1. The van der Waals surface area contributed by atoms with Crippen LogP contribution < -0.4 is 0 Å². The van der Waals surface area contributed by atoms with Gasteiger partial charge in [0.15, 0.2) is 5.78 Å². The highest BCUT2D eigenvalue weighted by Gasteiger charge is 2.30. The molecule has 2 aliphatic carbocycles. The average Bonchev–Trinajstić information content (AvgIpc) is 3.08. The quantitative estimate of drug-likeness (QED) is 0.781. The Balaban J connectivity index is 1.90. The molecule has 0 aliphatic heterocycles. The van der Waals surface area contributed by atoms with Crippen LogP contribution in [0.1, 0.15) is 54.4 Å². The lowest BCUT2D eigenvalue weighted by atomic mass is 9.96. The maximum Gasteiger partial charge on any atom is 0.164 e. The number of ketones is 1. The van der Waals surface area contributed by atoms with Crippen LogP contribution in [0.5, 0.6) is 0 Å². The Morgan fingerprint density at radius 1 is 1.41 bits per heavy atom. The minimum absolute atomic E-state index is 0.354. The fourth-order valence-electron chi connectivity index (χ4n) is 3.15. The molecule has 1 unspecified atom stereocenters. The summed E-state index contributed by atoms with van der Waals surface area (Å²) in [6.45, 7) is 5.61. The normalized spacial score (nSPS) is 21.4. The first-order valence-electron chi connectivity index (χ1n) is 6.89. The third kappa shape index (κ3) is 1.94. The van der Waals surface area contributed by atoms with E-state index in [1.54, 1.807) is 0 Å². The molecule has 1 heterocycles. The lowest BCUT2D eigenvalue weighted by Crippen LogP contribution is -2.17. The van der Waals surface area contributed by atoms with E-state index in [4.69, 9.17) is 0 Å². The topological polar surface area (TPSA) is 22.0 Å². The second-order valence-electron chi connectivity index (χ2n) is 5.85. The van der Waals surface area contributed by atoms with Crippen molar-refractivity contribution in [3.8, 4) is 0 Å². The lowest BCUT2D eigenvalue weighted by Gasteiger charge is -2.19. The van der Waals surface area contributed by atoms with Gasteiger partial charge in [-0.2, -0.15) is 0 Å². The van der Waals surface area contributed by atoms with Crippen LogP contribution >= 0.6 is 0 Å². The number of fused-ring (bicyclic) bond motifs is 1. The van der Waals surface area contributed by atoms with Crippen molar-refractivity contribution in [1.29, 1.82) is 0 Å². The van der Waals surface area contributed by atoms with Gasteiger partial charge in [-0.1, -0.05) is 6.92 Å². The minimum Gasteiger partial charge on any atom is -0.348 e. The van der Waals surface area contributed by atoms with Crippen LogP contribution in [0, 0.1) is 18.8 Å². The summed E-state index contributed by atoms with van der Waals surface area (Å²) >= 11 is 0. The average molecular weight is 231 g/mol. The Kier molecular flexibility index (Phi) is 2.61. The first kappa shape index (κ1) is 11.1. The van der Waals surface area contributed by atoms with E-state index in [2.05, 4.69) is 24.5 Å². The molecule has 1 atom stereocenters. The Morgan fingerprint density at radius 2 is 2.18 bits per heavy atom. The molecule has 1 aromatic rings. The van der Waals surface area contributed by atoms with Crippen LogP contribution in [0.4, 0.5) is 0 Å². The minimum atomic E-state index is 0.354. The molecule has 17 heavy (non-hydrogen) atoms. The lowest BCUT2D eigenvalue weighted by molar-refractivity contribution is 0.0971. The van der Waals surface area contributed by atoms with Crippen LogP contribution in [0.25, 0.3) is 0 Å². The molecule has 1 aromatic heterocycles. The Morgan fingerprint density at radius 3 is 2.88 bits per heavy atom. The monoisotopic (exact) mass is 231 g/mol. The van der Waals surface area contributed by atoms with E-state index in [0.717, 1.165) is 43.2 Å². The van der Waals surface area contributed by atoms with Gasteiger partial charge in [0.05, 0.1) is 0 Å². The van der Waals surface area contributed by atoms with E-state index in [1.165, 1.54) is 24.2 Å². The molecular formula is C15H21NO. The number of carbonyl (C=O) groups is 1. The molecule has 1 fully saturated rings. The van der Waals surface area contributed by atoms with Crippen molar-refractivity contribution in [1.82, 2.24) is 4.57 Å². The third-order valence-corrected chi connectivity index (χ3v) is 4.43. The summed E-state index contributed by atoms with van der Waals surface area (Å²) in [7, 11) is 0. The molecule has 0 bridgehead atoms. The maximum atomic E-state index is 11.9. The SMILES string of the molecule is Cc1cc2c(n1CC(C)C1CC1)CCCC2=O. The molecule has 92 valence electrons. The standard InChI is InChI=1S/C15H21NO/c1-10(12-6-7-12)9-16-11(2)8-13-14(16)4-3-5-15(13)17/h8,10,12H,3-7,9H2,1-2H3. The molecule has 2 heteroatoms. The van der Waals surface area contributed by atoms with Gasteiger partial charge in [-0.25, -0.2) is 0 Å². The Hall–Kier alpha value is -1.05. The summed E-state index contributed by atoms with van der Waals surface area (Å²) in [6.07, 6.45) is 5.68. The fraction of sp³-hybridized carbons (Fsp3) is 0.667.